The third-order valence-corrected chi connectivity index (χ3v) is 11.7. The number of fused-ring (bicyclic) bond motifs is 17. The molecule has 2 nitrogen and oxygen atoms in total. The van der Waals surface area contributed by atoms with Gasteiger partial charge in [-0.1, -0.05) is 141 Å². The maximum absolute atomic E-state index is 14.6. The van der Waals surface area contributed by atoms with Crippen LogP contribution in [0.4, 0.5) is 0 Å². The first kappa shape index (κ1) is 27.0. The van der Waals surface area contributed by atoms with E-state index in [4.69, 9.17) is 4.42 Å². The second-order valence-corrected chi connectivity index (χ2v) is 14.3. The quantitative estimate of drug-likeness (QED) is 0.179. The van der Waals surface area contributed by atoms with Gasteiger partial charge in [-0.15, -0.1) is 0 Å². The molecule has 0 saturated carbocycles. The van der Waals surface area contributed by atoms with Crippen molar-refractivity contribution in [2.75, 3.05) is 0 Å². The van der Waals surface area contributed by atoms with Gasteiger partial charge >= 0.3 is 0 Å². The molecule has 0 radical (unpaired) electrons. The van der Waals surface area contributed by atoms with Gasteiger partial charge in [0.15, 0.2) is 5.78 Å². The Balaban J connectivity index is 1.15. The number of para-hydroxylation sites is 1. The van der Waals surface area contributed by atoms with E-state index in [-0.39, 0.29) is 11.2 Å². The predicted molar refractivity (Wildman–Crippen MR) is 197 cm³/mol. The molecule has 8 aromatic rings. The molecule has 0 saturated heterocycles. The zero-order valence-electron chi connectivity index (χ0n) is 27.2. The molecule has 0 bridgehead atoms. The molecule has 0 N–H and O–H groups in total. The first-order valence-corrected chi connectivity index (χ1v) is 17.1. The van der Waals surface area contributed by atoms with Gasteiger partial charge < -0.3 is 4.42 Å². The molecule has 49 heavy (non-hydrogen) atoms. The van der Waals surface area contributed by atoms with Crippen molar-refractivity contribution in [1.29, 1.82) is 0 Å². The standard InChI is InChI=1S/C47H30O2/c1-46(2)36-15-7-3-11-29(36)31-21-19-27(25-40(31)46)44(48)28-20-22-32-30-12-4-8-16-37(30)47(41(32)26-28)38-17-9-5-14-35(38)43-39(47)24-23-34-33-13-6-10-18-42(33)49-45(34)43/h3-26H,1-2H3. The van der Waals surface area contributed by atoms with Gasteiger partial charge in [-0.25, -0.2) is 0 Å². The van der Waals surface area contributed by atoms with Crippen LogP contribution in [0.15, 0.2) is 150 Å². The van der Waals surface area contributed by atoms with Crippen LogP contribution >= 0.6 is 0 Å². The average molecular weight is 627 g/mol. The zero-order valence-corrected chi connectivity index (χ0v) is 27.2. The normalized spacial score (nSPS) is 17.1. The monoisotopic (exact) mass is 626 g/mol. The molecule has 3 aliphatic carbocycles. The summed E-state index contributed by atoms with van der Waals surface area (Å²) in [5, 5.41) is 2.25. The fourth-order valence-electron chi connectivity index (χ4n) is 9.56. The van der Waals surface area contributed by atoms with E-state index in [1.165, 1.54) is 55.6 Å². The van der Waals surface area contributed by atoms with Crippen LogP contribution in [0.3, 0.4) is 0 Å². The van der Waals surface area contributed by atoms with Gasteiger partial charge in [0, 0.05) is 32.9 Å². The first-order chi connectivity index (χ1) is 24.0. The van der Waals surface area contributed by atoms with Gasteiger partial charge in [0.1, 0.15) is 11.2 Å². The summed E-state index contributed by atoms with van der Waals surface area (Å²) in [6.07, 6.45) is 0. The van der Waals surface area contributed by atoms with E-state index >= 15 is 0 Å². The molecule has 1 unspecified atom stereocenters. The largest absolute Gasteiger partial charge is 0.455 e. The van der Waals surface area contributed by atoms with E-state index in [2.05, 4.69) is 141 Å². The summed E-state index contributed by atoms with van der Waals surface area (Å²) >= 11 is 0. The highest BCUT2D eigenvalue weighted by atomic mass is 16.3. The van der Waals surface area contributed by atoms with E-state index in [0.29, 0.717) is 5.56 Å². The third-order valence-electron chi connectivity index (χ3n) is 11.7. The molecule has 1 heterocycles. The van der Waals surface area contributed by atoms with Crippen LogP contribution in [0.5, 0.6) is 0 Å². The number of rotatable bonds is 2. The molecule has 3 aliphatic rings. The van der Waals surface area contributed by atoms with Crippen molar-refractivity contribution in [2.24, 2.45) is 0 Å². The van der Waals surface area contributed by atoms with Gasteiger partial charge in [0.2, 0.25) is 0 Å². The van der Waals surface area contributed by atoms with Crippen molar-refractivity contribution in [3.8, 4) is 33.4 Å². The second-order valence-electron chi connectivity index (χ2n) is 14.3. The van der Waals surface area contributed by atoms with Gasteiger partial charge in [-0.05, 0) is 79.4 Å². The third kappa shape index (κ3) is 3.20. The maximum Gasteiger partial charge on any atom is 0.193 e. The zero-order chi connectivity index (χ0) is 32.6. The highest BCUT2D eigenvalue weighted by Gasteiger charge is 2.52. The van der Waals surface area contributed by atoms with Crippen molar-refractivity contribution >= 4 is 27.7 Å². The molecule has 230 valence electrons. The van der Waals surface area contributed by atoms with Gasteiger partial charge in [-0.3, -0.25) is 4.79 Å². The summed E-state index contributed by atoms with van der Waals surface area (Å²) in [6, 6.07) is 51.6. The minimum absolute atomic E-state index is 0.0442. The van der Waals surface area contributed by atoms with Crippen LogP contribution in [0.1, 0.15) is 63.1 Å². The predicted octanol–water partition coefficient (Wildman–Crippen LogP) is 11.5. The lowest BCUT2D eigenvalue weighted by atomic mass is 9.70. The lowest BCUT2D eigenvalue weighted by Gasteiger charge is -2.30. The summed E-state index contributed by atoms with van der Waals surface area (Å²) in [6.45, 7) is 4.52. The van der Waals surface area contributed by atoms with Crippen molar-refractivity contribution in [3.63, 3.8) is 0 Å². The number of hydrogen-bond acceptors (Lipinski definition) is 2. The Morgan fingerprint density at radius 2 is 1.02 bits per heavy atom. The lowest BCUT2D eigenvalue weighted by Crippen LogP contribution is -2.26. The van der Waals surface area contributed by atoms with Crippen LogP contribution in [-0.2, 0) is 10.8 Å². The molecule has 7 aromatic carbocycles. The molecule has 0 aliphatic heterocycles. The Labute approximate surface area is 284 Å². The summed E-state index contributed by atoms with van der Waals surface area (Å²) in [4.78, 5) is 14.6. The minimum Gasteiger partial charge on any atom is -0.455 e. The molecular weight excluding hydrogens is 597 g/mol. The molecule has 1 spiro atoms. The van der Waals surface area contributed by atoms with Crippen molar-refractivity contribution in [3.05, 3.63) is 190 Å². The molecule has 0 amide bonds. The number of benzene rings is 7. The molecule has 2 heteroatoms. The fourth-order valence-corrected chi connectivity index (χ4v) is 9.56. The van der Waals surface area contributed by atoms with E-state index in [9.17, 15) is 4.79 Å². The Bertz CT molecular complexity index is 2770. The van der Waals surface area contributed by atoms with Crippen molar-refractivity contribution < 1.29 is 9.21 Å². The van der Waals surface area contributed by atoms with Gasteiger partial charge in [0.05, 0.1) is 5.41 Å². The summed E-state index contributed by atoms with van der Waals surface area (Å²) in [5.41, 5.74) is 17.0. The van der Waals surface area contributed by atoms with Crippen LogP contribution in [0.25, 0.3) is 55.3 Å². The maximum atomic E-state index is 14.6. The number of carbonyl (C=O) groups is 1. The first-order valence-electron chi connectivity index (χ1n) is 17.1. The Morgan fingerprint density at radius 1 is 0.469 bits per heavy atom. The highest BCUT2D eigenvalue weighted by Crippen LogP contribution is 2.64. The molecule has 0 fully saturated rings. The topological polar surface area (TPSA) is 30.2 Å². The number of ketones is 1. The fraction of sp³-hybridized carbons (Fsp3) is 0.0851. The highest BCUT2D eigenvalue weighted by molar-refractivity contribution is 6.14. The smallest absolute Gasteiger partial charge is 0.193 e. The van der Waals surface area contributed by atoms with E-state index in [1.807, 2.05) is 18.2 Å². The SMILES string of the molecule is CC1(C)c2ccccc2-c2ccc(C(=O)c3ccc4c(c3)C3(c5ccccc5-4)c4ccccc4-c4c3ccc3c4oc4ccccc43)cc21. The van der Waals surface area contributed by atoms with Crippen LogP contribution in [0, 0.1) is 0 Å². The Hall–Kier alpha value is -5.99. The number of furan rings is 1. The summed E-state index contributed by atoms with van der Waals surface area (Å²) in [7, 11) is 0. The van der Waals surface area contributed by atoms with E-state index in [1.54, 1.807) is 0 Å². The Kier molecular flexibility index (Phi) is 5.03. The number of carbonyl (C=O) groups excluding carboxylic acids is 1. The Morgan fingerprint density at radius 3 is 1.78 bits per heavy atom. The van der Waals surface area contributed by atoms with Gasteiger partial charge in [-0.2, -0.15) is 0 Å². The van der Waals surface area contributed by atoms with E-state index < -0.39 is 5.41 Å². The van der Waals surface area contributed by atoms with Crippen LogP contribution < -0.4 is 0 Å². The average Bonchev–Trinajstić information content (AvgIpc) is 3.83. The number of hydrogen-bond donors (Lipinski definition) is 0. The van der Waals surface area contributed by atoms with Crippen LogP contribution in [-0.4, -0.2) is 5.78 Å². The van der Waals surface area contributed by atoms with Crippen LogP contribution in [0.2, 0.25) is 0 Å². The second kappa shape index (κ2) is 9.12. The molecule has 1 atom stereocenters. The van der Waals surface area contributed by atoms with Gasteiger partial charge in [0.25, 0.3) is 0 Å². The van der Waals surface area contributed by atoms with E-state index in [0.717, 1.165) is 38.6 Å². The minimum atomic E-state index is -0.580. The summed E-state index contributed by atoms with van der Waals surface area (Å²) in [5.74, 6) is 0.0442. The molecule has 11 rings (SSSR count). The van der Waals surface area contributed by atoms with Crippen molar-refractivity contribution in [2.45, 2.75) is 24.7 Å². The van der Waals surface area contributed by atoms with Crippen molar-refractivity contribution in [1.82, 2.24) is 0 Å². The lowest BCUT2D eigenvalue weighted by molar-refractivity contribution is 0.103. The molecule has 1 aromatic heterocycles. The molecular formula is C47H30O2. The summed E-state index contributed by atoms with van der Waals surface area (Å²) < 4.78 is 6.67.